The molecule has 11 heavy (non-hydrogen) atoms. The SMILES string of the molecule is N#Cc1ccccc1C#N.[Pb]. The van der Waals surface area contributed by atoms with Crippen LogP contribution in [0.2, 0.25) is 0 Å². The zero-order chi connectivity index (χ0) is 7.40. The van der Waals surface area contributed by atoms with Crippen LogP contribution in [0.3, 0.4) is 0 Å². The molecule has 1 rings (SSSR count). The van der Waals surface area contributed by atoms with Crippen molar-refractivity contribution in [2.45, 2.75) is 0 Å². The standard InChI is InChI=1S/C8H4N2.Pb/c9-5-7-3-1-2-4-8(7)6-10;/h1-4H;. The summed E-state index contributed by atoms with van der Waals surface area (Å²) in [4.78, 5) is 0. The minimum absolute atomic E-state index is 0. The third-order valence-corrected chi connectivity index (χ3v) is 1.17. The quantitative estimate of drug-likeness (QED) is 0.666. The maximum Gasteiger partial charge on any atom is 0.101 e. The van der Waals surface area contributed by atoms with Gasteiger partial charge in [0, 0.05) is 27.3 Å². The maximum absolute atomic E-state index is 8.45. The Kier molecular flexibility index (Phi) is 4.48. The Hall–Kier alpha value is -0.878. The second kappa shape index (κ2) is 4.86. The van der Waals surface area contributed by atoms with Gasteiger partial charge in [-0.25, -0.2) is 0 Å². The van der Waals surface area contributed by atoms with Crippen LogP contribution in [0.4, 0.5) is 0 Å². The van der Waals surface area contributed by atoms with E-state index in [-0.39, 0.29) is 27.3 Å². The molecular weight excluding hydrogens is 331 g/mol. The van der Waals surface area contributed by atoms with Crippen molar-refractivity contribution in [3.63, 3.8) is 0 Å². The van der Waals surface area contributed by atoms with Crippen molar-refractivity contribution < 1.29 is 0 Å². The monoisotopic (exact) mass is 336 g/mol. The molecule has 0 aliphatic carbocycles. The fourth-order valence-electron chi connectivity index (χ4n) is 0.678. The molecule has 3 heteroatoms. The zero-order valence-corrected chi connectivity index (χ0v) is 9.59. The van der Waals surface area contributed by atoms with Crippen LogP contribution in [0.5, 0.6) is 0 Å². The molecule has 1 aromatic carbocycles. The molecule has 50 valence electrons. The fraction of sp³-hybridized carbons (Fsp3) is 0. The summed E-state index contributed by atoms with van der Waals surface area (Å²) < 4.78 is 0. The molecule has 0 aliphatic rings. The minimum Gasteiger partial charge on any atom is -0.192 e. The average molecular weight is 335 g/mol. The Balaban J connectivity index is 0.000001000. The Morgan fingerprint density at radius 1 is 0.909 bits per heavy atom. The zero-order valence-electron chi connectivity index (χ0n) is 5.70. The molecule has 0 unspecified atom stereocenters. The molecule has 0 bridgehead atoms. The molecule has 0 amide bonds. The molecule has 0 atom stereocenters. The number of hydrogen-bond acceptors (Lipinski definition) is 2. The van der Waals surface area contributed by atoms with Gasteiger partial charge < -0.3 is 0 Å². The van der Waals surface area contributed by atoms with Gasteiger partial charge in [0.1, 0.15) is 12.1 Å². The second-order valence-electron chi connectivity index (χ2n) is 1.77. The van der Waals surface area contributed by atoms with E-state index in [1.54, 1.807) is 24.3 Å². The Bertz CT molecular complexity index is 287. The largest absolute Gasteiger partial charge is 0.192 e. The van der Waals surface area contributed by atoms with Crippen molar-refractivity contribution in [2.75, 3.05) is 0 Å². The number of rotatable bonds is 0. The molecule has 0 spiro atoms. The third-order valence-electron chi connectivity index (χ3n) is 1.17. The number of benzene rings is 1. The van der Waals surface area contributed by atoms with Crippen LogP contribution in [0, 0.1) is 22.7 Å². The third kappa shape index (κ3) is 2.32. The van der Waals surface area contributed by atoms with Crippen molar-refractivity contribution in [1.29, 1.82) is 10.5 Å². The van der Waals surface area contributed by atoms with Crippen LogP contribution in [0.1, 0.15) is 11.1 Å². The van der Waals surface area contributed by atoms with Crippen molar-refractivity contribution in [3.8, 4) is 12.1 Å². The predicted octanol–water partition coefficient (Wildman–Crippen LogP) is 1.05. The summed E-state index contributed by atoms with van der Waals surface area (Å²) in [7, 11) is 0. The molecule has 4 radical (unpaired) electrons. The van der Waals surface area contributed by atoms with Crippen molar-refractivity contribution in [2.24, 2.45) is 0 Å². The van der Waals surface area contributed by atoms with Crippen LogP contribution in [0.15, 0.2) is 24.3 Å². The molecule has 0 aromatic heterocycles. The Morgan fingerprint density at radius 3 is 1.55 bits per heavy atom. The first-order valence-corrected chi connectivity index (χ1v) is 2.77. The molecular formula is C8H4N2Pb. The van der Waals surface area contributed by atoms with E-state index in [2.05, 4.69) is 0 Å². The molecule has 2 nitrogen and oxygen atoms in total. The molecule has 0 saturated heterocycles. The first-order valence-electron chi connectivity index (χ1n) is 2.77. The summed E-state index contributed by atoms with van der Waals surface area (Å²) in [6, 6.07) is 10.6. The average Bonchev–Trinajstić information content (AvgIpc) is 2.04. The van der Waals surface area contributed by atoms with E-state index in [0.717, 1.165) is 0 Å². The number of nitriles is 2. The summed E-state index contributed by atoms with van der Waals surface area (Å²) in [5, 5.41) is 16.9. The van der Waals surface area contributed by atoms with Crippen molar-refractivity contribution in [3.05, 3.63) is 35.4 Å². The summed E-state index contributed by atoms with van der Waals surface area (Å²) in [5.74, 6) is 0. The Morgan fingerprint density at radius 2 is 1.27 bits per heavy atom. The maximum atomic E-state index is 8.45. The Labute approximate surface area is 85.2 Å². The van der Waals surface area contributed by atoms with E-state index in [1.165, 1.54) is 0 Å². The molecule has 0 saturated carbocycles. The van der Waals surface area contributed by atoms with Gasteiger partial charge in [0.15, 0.2) is 0 Å². The molecule has 0 N–H and O–H groups in total. The van der Waals surface area contributed by atoms with Crippen LogP contribution < -0.4 is 0 Å². The van der Waals surface area contributed by atoms with Gasteiger partial charge in [-0.3, -0.25) is 0 Å². The summed E-state index contributed by atoms with van der Waals surface area (Å²) in [6.45, 7) is 0. The molecule has 0 aliphatic heterocycles. The number of nitrogens with zero attached hydrogens (tertiary/aromatic N) is 2. The fourth-order valence-corrected chi connectivity index (χ4v) is 0.678. The van der Waals surface area contributed by atoms with Crippen LogP contribution in [0.25, 0.3) is 0 Å². The van der Waals surface area contributed by atoms with Crippen LogP contribution in [-0.4, -0.2) is 27.3 Å². The normalized spacial score (nSPS) is 7.09. The summed E-state index contributed by atoms with van der Waals surface area (Å²) in [6.07, 6.45) is 0. The van der Waals surface area contributed by atoms with Gasteiger partial charge in [-0.05, 0) is 12.1 Å². The van der Waals surface area contributed by atoms with Gasteiger partial charge in [0.25, 0.3) is 0 Å². The van der Waals surface area contributed by atoms with E-state index >= 15 is 0 Å². The van der Waals surface area contributed by atoms with E-state index in [0.29, 0.717) is 11.1 Å². The van der Waals surface area contributed by atoms with Gasteiger partial charge in [0.05, 0.1) is 11.1 Å². The summed E-state index contributed by atoms with van der Waals surface area (Å²) >= 11 is 0. The van der Waals surface area contributed by atoms with Gasteiger partial charge in [0.2, 0.25) is 0 Å². The first-order chi connectivity index (χ1) is 4.88. The smallest absolute Gasteiger partial charge is 0.101 e. The topological polar surface area (TPSA) is 47.6 Å². The van der Waals surface area contributed by atoms with E-state index in [4.69, 9.17) is 10.5 Å². The molecule has 0 fully saturated rings. The molecule has 1 aromatic rings. The number of hydrogen-bond donors (Lipinski definition) is 0. The van der Waals surface area contributed by atoms with Gasteiger partial charge in [-0.2, -0.15) is 10.5 Å². The summed E-state index contributed by atoms with van der Waals surface area (Å²) in [5.41, 5.74) is 0.870. The first kappa shape index (κ1) is 10.1. The minimum atomic E-state index is 0. The van der Waals surface area contributed by atoms with Gasteiger partial charge >= 0.3 is 0 Å². The van der Waals surface area contributed by atoms with Crippen molar-refractivity contribution >= 4 is 27.3 Å². The molecule has 0 heterocycles. The van der Waals surface area contributed by atoms with Crippen molar-refractivity contribution in [1.82, 2.24) is 0 Å². The van der Waals surface area contributed by atoms with E-state index in [1.807, 2.05) is 12.1 Å². The van der Waals surface area contributed by atoms with Gasteiger partial charge in [-0.1, -0.05) is 12.1 Å². The van der Waals surface area contributed by atoms with Crippen LogP contribution in [-0.2, 0) is 0 Å². The van der Waals surface area contributed by atoms with Crippen LogP contribution >= 0.6 is 0 Å². The van der Waals surface area contributed by atoms with E-state index in [9.17, 15) is 0 Å². The predicted molar refractivity (Wildman–Crippen MR) is 41.6 cm³/mol. The van der Waals surface area contributed by atoms with Gasteiger partial charge in [-0.15, -0.1) is 0 Å². The van der Waals surface area contributed by atoms with E-state index < -0.39 is 0 Å². The second-order valence-corrected chi connectivity index (χ2v) is 1.77.